The van der Waals surface area contributed by atoms with Crippen LogP contribution < -0.4 is 0 Å². The highest BCUT2D eigenvalue weighted by Gasteiger charge is 2.25. The van der Waals surface area contributed by atoms with Crippen LogP contribution in [0.2, 0.25) is 0 Å². The first-order chi connectivity index (χ1) is 8.13. The Bertz CT molecular complexity index is 231. The second-order valence-electron chi connectivity index (χ2n) is 4.83. The van der Waals surface area contributed by atoms with E-state index >= 15 is 0 Å². The van der Waals surface area contributed by atoms with E-state index in [4.69, 9.17) is 4.74 Å². The molecule has 4 heteroatoms. The van der Waals surface area contributed by atoms with Crippen LogP contribution in [0.5, 0.6) is 0 Å². The number of nitrogens with zero attached hydrogens (tertiary/aromatic N) is 1. The largest absolute Gasteiger partial charge is 0.466 e. The van der Waals surface area contributed by atoms with Crippen molar-refractivity contribution in [1.29, 1.82) is 0 Å². The molecule has 0 aromatic rings. The Morgan fingerprint density at radius 1 is 1.59 bits per heavy atom. The molecule has 0 radical (unpaired) electrons. The van der Waals surface area contributed by atoms with E-state index in [-0.39, 0.29) is 12.1 Å². The zero-order valence-electron chi connectivity index (χ0n) is 11.0. The molecule has 0 amide bonds. The standard InChI is InChI=1S/C13H25NO3/c1-3-17-13(16)7-5-9-14-8-4-6-12(14)10-11(2)15/h11-12,15H,3-10H2,1-2H3. The molecule has 1 aliphatic rings. The van der Waals surface area contributed by atoms with Crippen molar-refractivity contribution in [1.82, 2.24) is 4.90 Å². The Morgan fingerprint density at radius 3 is 3.00 bits per heavy atom. The van der Waals surface area contributed by atoms with Crippen LogP contribution in [0.1, 0.15) is 46.0 Å². The second-order valence-corrected chi connectivity index (χ2v) is 4.83. The van der Waals surface area contributed by atoms with Crippen LogP contribution in [0.3, 0.4) is 0 Å². The van der Waals surface area contributed by atoms with Crippen LogP contribution in [-0.4, -0.2) is 47.8 Å². The summed E-state index contributed by atoms with van der Waals surface area (Å²) in [5.41, 5.74) is 0. The highest BCUT2D eigenvalue weighted by molar-refractivity contribution is 5.69. The molecule has 1 aliphatic heterocycles. The van der Waals surface area contributed by atoms with Crippen LogP contribution in [0.15, 0.2) is 0 Å². The Balaban J connectivity index is 2.19. The second kappa shape index (κ2) is 7.67. The smallest absolute Gasteiger partial charge is 0.305 e. The fourth-order valence-corrected chi connectivity index (χ4v) is 2.51. The van der Waals surface area contributed by atoms with Gasteiger partial charge in [0.15, 0.2) is 0 Å². The Morgan fingerprint density at radius 2 is 2.35 bits per heavy atom. The number of esters is 1. The molecule has 1 heterocycles. The highest BCUT2D eigenvalue weighted by atomic mass is 16.5. The number of aliphatic hydroxyl groups is 1. The van der Waals surface area contributed by atoms with Crippen LogP contribution >= 0.6 is 0 Å². The van der Waals surface area contributed by atoms with Crippen molar-refractivity contribution in [2.75, 3.05) is 19.7 Å². The third kappa shape index (κ3) is 5.50. The number of hydrogen-bond donors (Lipinski definition) is 1. The number of rotatable bonds is 7. The maximum absolute atomic E-state index is 11.2. The SMILES string of the molecule is CCOC(=O)CCCN1CCCC1CC(C)O. The van der Waals surface area contributed by atoms with Crippen molar-refractivity contribution in [3.63, 3.8) is 0 Å². The van der Waals surface area contributed by atoms with Crippen molar-refractivity contribution >= 4 is 5.97 Å². The van der Waals surface area contributed by atoms with Crippen LogP contribution in [0.25, 0.3) is 0 Å². The lowest BCUT2D eigenvalue weighted by Gasteiger charge is -2.25. The van der Waals surface area contributed by atoms with Gasteiger partial charge in [0.05, 0.1) is 12.7 Å². The maximum Gasteiger partial charge on any atom is 0.305 e. The molecule has 0 aromatic carbocycles. The van der Waals surface area contributed by atoms with Gasteiger partial charge in [-0.05, 0) is 52.6 Å². The molecular formula is C13H25NO3. The molecule has 0 spiro atoms. The van der Waals surface area contributed by atoms with Gasteiger partial charge in [-0.25, -0.2) is 0 Å². The number of likely N-dealkylation sites (tertiary alicyclic amines) is 1. The summed E-state index contributed by atoms with van der Waals surface area (Å²) in [6, 6.07) is 0.497. The third-order valence-electron chi connectivity index (χ3n) is 3.24. The first-order valence-corrected chi connectivity index (χ1v) is 6.71. The molecule has 1 N–H and O–H groups in total. The number of carbonyl (C=O) groups excluding carboxylic acids is 1. The average molecular weight is 243 g/mol. The molecule has 0 bridgehead atoms. The molecular weight excluding hydrogens is 218 g/mol. The summed E-state index contributed by atoms with van der Waals surface area (Å²) in [4.78, 5) is 13.6. The average Bonchev–Trinajstić information content (AvgIpc) is 2.65. The molecule has 1 rings (SSSR count). The van der Waals surface area contributed by atoms with Gasteiger partial charge in [-0.2, -0.15) is 0 Å². The van der Waals surface area contributed by atoms with Gasteiger partial charge in [0.25, 0.3) is 0 Å². The van der Waals surface area contributed by atoms with Gasteiger partial charge < -0.3 is 14.7 Å². The number of hydrogen-bond acceptors (Lipinski definition) is 4. The van der Waals surface area contributed by atoms with E-state index < -0.39 is 0 Å². The molecule has 2 unspecified atom stereocenters. The Hall–Kier alpha value is -0.610. The predicted molar refractivity (Wildman–Crippen MR) is 66.8 cm³/mol. The zero-order valence-corrected chi connectivity index (χ0v) is 11.0. The van der Waals surface area contributed by atoms with Gasteiger partial charge in [-0.15, -0.1) is 0 Å². The van der Waals surface area contributed by atoms with Gasteiger partial charge in [0.2, 0.25) is 0 Å². The topological polar surface area (TPSA) is 49.8 Å². The van der Waals surface area contributed by atoms with Crippen molar-refractivity contribution in [2.45, 2.75) is 58.1 Å². The normalized spacial score (nSPS) is 22.6. The minimum Gasteiger partial charge on any atom is -0.466 e. The molecule has 2 atom stereocenters. The summed E-state index contributed by atoms with van der Waals surface area (Å²) in [6.07, 6.45) is 4.35. The van der Waals surface area contributed by atoms with E-state index in [2.05, 4.69) is 4.90 Å². The minimum atomic E-state index is -0.231. The Kier molecular flexibility index (Phi) is 6.52. The van der Waals surface area contributed by atoms with Crippen molar-refractivity contribution in [3.8, 4) is 0 Å². The lowest BCUT2D eigenvalue weighted by atomic mass is 10.1. The lowest BCUT2D eigenvalue weighted by Crippen LogP contribution is -2.33. The number of aliphatic hydroxyl groups excluding tert-OH is 1. The zero-order chi connectivity index (χ0) is 12.7. The molecule has 0 aliphatic carbocycles. The van der Waals surface area contributed by atoms with E-state index in [0.29, 0.717) is 19.1 Å². The van der Waals surface area contributed by atoms with Crippen molar-refractivity contribution < 1.29 is 14.6 Å². The van der Waals surface area contributed by atoms with E-state index in [9.17, 15) is 9.90 Å². The first-order valence-electron chi connectivity index (χ1n) is 6.71. The van der Waals surface area contributed by atoms with Crippen LogP contribution in [0.4, 0.5) is 0 Å². The van der Waals surface area contributed by atoms with Gasteiger partial charge in [0, 0.05) is 12.5 Å². The molecule has 0 saturated carbocycles. The molecule has 4 nitrogen and oxygen atoms in total. The summed E-state index contributed by atoms with van der Waals surface area (Å²) in [7, 11) is 0. The Labute approximate surface area is 104 Å². The fourth-order valence-electron chi connectivity index (χ4n) is 2.51. The molecule has 17 heavy (non-hydrogen) atoms. The molecule has 1 fully saturated rings. The molecule has 0 aromatic heterocycles. The van der Waals surface area contributed by atoms with Gasteiger partial charge in [-0.1, -0.05) is 0 Å². The lowest BCUT2D eigenvalue weighted by molar-refractivity contribution is -0.143. The summed E-state index contributed by atoms with van der Waals surface area (Å²) >= 11 is 0. The maximum atomic E-state index is 11.2. The summed E-state index contributed by atoms with van der Waals surface area (Å²) in [5.74, 6) is -0.0984. The summed E-state index contributed by atoms with van der Waals surface area (Å²) in [5, 5.41) is 9.41. The molecule has 1 saturated heterocycles. The van der Waals surface area contributed by atoms with Crippen LogP contribution in [0, 0.1) is 0 Å². The quantitative estimate of drug-likeness (QED) is 0.689. The van der Waals surface area contributed by atoms with E-state index in [1.54, 1.807) is 0 Å². The van der Waals surface area contributed by atoms with E-state index in [1.807, 2.05) is 13.8 Å². The number of ether oxygens (including phenoxy) is 1. The van der Waals surface area contributed by atoms with Gasteiger partial charge >= 0.3 is 5.97 Å². The predicted octanol–water partition coefficient (Wildman–Crippen LogP) is 1.56. The number of carbonyl (C=O) groups is 1. The van der Waals surface area contributed by atoms with Crippen molar-refractivity contribution in [2.24, 2.45) is 0 Å². The first kappa shape index (κ1) is 14.5. The highest BCUT2D eigenvalue weighted by Crippen LogP contribution is 2.21. The minimum absolute atomic E-state index is 0.0984. The van der Waals surface area contributed by atoms with E-state index in [1.165, 1.54) is 12.8 Å². The third-order valence-corrected chi connectivity index (χ3v) is 3.24. The van der Waals surface area contributed by atoms with Gasteiger partial charge in [-0.3, -0.25) is 4.79 Å². The van der Waals surface area contributed by atoms with E-state index in [0.717, 1.165) is 25.9 Å². The van der Waals surface area contributed by atoms with Gasteiger partial charge in [0.1, 0.15) is 0 Å². The van der Waals surface area contributed by atoms with Crippen molar-refractivity contribution in [3.05, 3.63) is 0 Å². The summed E-state index contributed by atoms with van der Waals surface area (Å²) in [6.45, 7) is 6.18. The fraction of sp³-hybridized carbons (Fsp3) is 0.923. The van der Waals surface area contributed by atoms with Crippen LogP contribution in [-0.2, 0) is 9.53 Å². The molecule has 100 valence electrons. The summed E-state index contributed by atoms with van der Waals surface area (Å²) < 4.78 is 4.90. The monoisotopic (exact) mass is 243 g/mol.